The largest absolute Gasteiger partial charge is 0.465 e. The van der Waals surface area contributed by atoms with Crippen molar-refractivity contribution in [1.29, 1.82) is 0 Å². The fourth-order valence-corrected chi connectivity index (χ4v) is 9.57. The average molecular weight is 519 g/mol. The van der Waals surface area contributed by atoms with E-state index in [1.165, 1.54) is 19.9 Å². The van der Waals surface area contributed by atoms with Crippen LogP contribution < -0.4 is 0 Å². The maximum atomic E-state index is 12.0. The molecule has 3 saturated carbocycles. The van der Waals surface area contributed by atoms with E-state index >= 15 is 0 Å². The molecule has 0 radical (unpaired) electrons. The summed E-state index contributed by atoms with van der Waals surface area (Å²) in [6.07, 6.45) is 6.75. The molecular weight excluding hydrogens is 476 g/mol. The number of aliphatic hydroxyl groups excluding tert-OH is 1. The Morgan fingerprint density at radius 2 is 1.78 bits per heavy atom. The number of aliphatic hydroxyl groups is 1. The lowest BCUT2D eigenvalue weighted by molar-refractivity contribution is -0.271. The Labute approximate surface area is 219 Å². The molecule has 206 valence electrons. The van der Waals surface area contributed by atoms with Gasteiger partial charge in [-0.05, 0) is 73.5 Å². The summed E-state index contributed by atoms with van der Waals surface area (Å²) in [7, 11) is 0. The molecule has 0 amide bonds. The van der Waals surface area contributed by atoms with Crippen molar-refractivity contribution in [2.75, 3.05) is 6.61 Å². The summed E-state index contributed by atoms with van der Waals surface area (Å²) in [5, 5.41) is 10.4. The first-order valence-corrected chi connectivity index (χ1v) is 13.9. The van der Waals surface area contributed by atoms with Gasteiger partial charge in [0.2, 0.25) is 12.6 Å². The molecule has 5 aliphatic rings. The second-order valence-corrected chi connectivity index (χ2v) is 13.1. The Morgan fingerprint density at radius 1 is 1.03 bits per heavy atom. The van der Waals surface area contributed by atoms with Gasteiger partial charge in [0.05, 0.1) is 12.7 Å². The number of carbonyl (C=O) groups is 3. The van der Waals surface area contributed by atoms with Crippen molar-refractivity contribution in [2.45, 2.75) is 105 Å². The number of cyclic esters (lactones) is 1. The second-order valence-electron chi connectivity index (χ2n) is 13.1. The van der Waals surface area contributed by atoms with Gasteiger partial charge in [-0.15, -0.1) is 0 Å². The lowest BCUT2D eigenvalue weighted by Crippen LogP contribution is -2.63. The standard InChI is InChI=1S/C29H42O8/c1-16(30)34-15-27(3)10-6-11-29(5)22(27)9-12-28(4)20-14-21(19-13-24(32)37-25(19)33)36-26(35-17(2)31)18(20)7-8-23(28)29/h13,18,20-23,25-26,33H,6-12,14-15H2,1-5H3/t18-,20+,21+,22-,23-,25-,26+,27+,28-,29-/m0/s1. The summed E-state index contributed by atoms with van der Waals surface area (Å²) in [5.41, 5.74) is 0.480. The van der Waals surface area contributed by atoms with E-state index in [-0.39, 0.29) is 34.1 Å². The van der Waals surface area contributed by atoms with Crippen LogP contribution in [0.1, 0.15) is 86.0 Å². The van der Waals surface area contributed by atoms with E-state index in [1.54, 1.807) is 0 Å². The van der Waals surface area contributed by atoms with E-state index in [1.807, 2.05) is 0 Å². The summed E-state index contributed by atoms with van der Waals surface area (Å²) in [5.74, 6) is 0.0136. The highest BCUT2D eigenvalue weighted by Gasteiger charge is 2.65. The van der Waals surface area contributed by atoms with Gasteiger partial charge < -0.3 is 24.1 Å². The minimum Gasteiger partial charge on any atom is -0.465 e. The first-order chi connectivity index (χ1) is 17.4. The van der Waals surface area contributed by atoms with Gasteiger partial charge in [-0.2, -0.15) is 0 Å². The minimum absolute atomic E-state index is 0.0107. The third-order valence-corrected chi connectivity index (χ3v) is 11.0. The molecule has 1 saturated heterocycles. The van der Waals surface area contributed by atoms with E-state index in [0.717, 1.165) is 44.9 Å². The van der Waals surface area contributed by atoms with Gasteiger partial charge in [-0.1, -0.05) is 27.2 Å². The average Bonchev–Trinajstić information content (AvgIpc) is 3.15. The van der Waals surface area contributed by atoms with Crippen LogP contribution in [0, 0.1) is 39.9 Å². The van der Waals surface area contributed by atoms with Crippen molar-refractivity contribution < 1.29 is 38.4 Å². The van der Waals surface area contributed by atoms with Crippen LogP contribution in [0.25, 0.3) is 0 Å². The molecule has 3 aliphatic carbocycles. The highest BCUT2D eigenvalue weighted by Crippen LogP contribution is 2.70. The van der Waals surface area contributed by atoms with E-state index in [0.29, 0.717) is 30.4 Å². The van der Waals surface area contributed by atoms with Crippen LogP contribution in [0.3, 0.4) is 0 Å². The molecule has 2 aliphatic heterocycles. The van der Waals surface area contributed by atoms with Crippen LogP contribution in [0.15, 0.2) is 11.6 Å². The Hall–Kier alpha value is -1.93. The molecule has 0 unspecified atom stereocenters. The Bertz CT molecular complexity index is 990. The number of hydrogen-bond acceptors (Lipinski definition) is 8. The number of carbonyl (C=O) groups excluding carboxylic acids is 3. The summed E-state index contributed by atoms with van der Waals surface area (Å²) >= 11 is 0. The number of rotatable bonds is 4. The predicted molar refractivity (Wildman–Crippen MR) is 132 cm³/mol. The third kappa shape index (κ3) is 4.42. The maximum Gasteiger partial charge on any atom is 0.333 e. The van der Waals surface area contributed by atoms with Gasteiger partial charge in [-0.25, -0.2) is 4.79 Å². The molecule has 0 aromatic carbocycles. The monoisotopic (exact) mass is 518 g/mol. The van der Waals surface area contributed by atoms with Gasteiger partial charge in [0.15, 0.2) is 0 Å². The van der Waals surface area contributed by atoms with Crippen LogP contribution in [-0.4, -0.2) is 48.3 Å². The van der Waals surface area contributed by atoms with Crippen LogP contribution in [0.5, 0.6) is 0 Å². The number of hydrogen-bond donors (Lipinski definition) is 1. The van der Waals surface area contributed by atoms with Crippen molar-refractivity contribution in [3.8, 4) is 0 Å². The van der Waals surface area contributed by atoms with Gasteiger partial charge in [-0.3, -0.25) is 9.59 Å². The molecule has 0 bridgehead atoms. The number of esters is 3. The van der Waals surface area contributed by atoms with Crippen molar-refractivity contribution in [1.82, 2.24) is 0 Å². The summed E-state index contributed by atoms with van der Waals surface area (Å²) in [4.78, 5) is 35.6. The summed E-state index contributed by atoms with van der Waals surface area (Å²) < 4.78 is 22.5. The zero-order valence-corrected chi connectivity index (χ0v) is 22.8. The van der Waals surface area contributed by atoms with Crippen LogP contribution in [0.2, 0.25) is 0 Å². The molecule has 1 N–H and O–H groups in total. The van der Waals surface area contributed by atoms with Crippen molar-refractivity contribution >= 4 is 17.9 Å². The number of ether oxygens (including phenoxy) is 4. The molecule has 4 fully saturated rings. The van der Waals surface area contributed by atoms with E-state index in [4.69, 9.17) is 18.9 Å². The summed E-state index contributed by atoms with van der Waals surface area (Å²) in [6.45, 7) is 10.5. The zero-order chi connectivity index (χ0) is 26.8. The molecule has 0 aromatic heterocycles. The molecular formula is C29H42O8. The van der Waals surface area contributed by atoms with Gasteiger partial charge in [0.25, 0.3) is 0 Å². The second kappa shape index (κ2) is 9.37. The molecule has 0 spiro atoms. The molecule has 8 heteroatoms. The highest BCUT2D eigenvalue weighted by molar-refractivity contribution is 5.85. The van der Waals surface area contributed by atoms with Crippen molar-refractivity contribution in [3.63, 3.8) is 0 Å². The molecule has 37 heavy (non-hydrogen) atoms. The minimum atomic E-state index is -1.33. The Balaban J connectivity index is 1.47. The Kier molecular flexibility index (Phi) is 6.75. The molecule has 2 heterocycles. The molecule has 0 aromatic rings. The fraction of sp³-hybridized carbons (Fsp3) is 0.828. The van der Waals surface area contributed by atoms with Crippen LogP contribution >= 0.6 is 0 Å². The van der Waals surface area contributed by atoms with Crippen LogP contribution in [-0.2, 0) is 33.3 Å². The third-order valence-electron chi connectivity index (χ3n) is 11.0. The predicted octanol–water partition coefficient (Wildman–Crippen LogP) is 4.28. The smallest absolute Gasteiger partial charge is 0.333 e. The summed E-state index contributed by atoms with van der Waals surface area (Å²) in [6, 6.07) is 0. The van der Waals surface area contributed by atoms with Crippen molar-refractivity contribution in [2.24, 2.45) is 39.9 Å². The van der Waals surface area contributed by atoms with Crippen molar-refractivity contribution in [3.05, 3.63) is 11.6 Å². The lowest BCUT2D eigenvalue weighted by atomic mass is 9.38. The zero-order valence-electron chi connectivity index (χ0n) is 22.8. The van der Waals surface area contributed by atoms with E-state index < -0.39 is 30.6 Å². The topological polar surface area (TPSA) is 108 Å². The quantitative estimate of drug-likeness (QED) is 0.434. The highest BCUT2D eigenvalue weighted by atomic mass is 16.7. The molecule has 10 atom stereocenters. The van der Waals surface area contributed by atoms with E-state index in [2.05, 4.69) is 20.8 Å². The van der Waals surface area contributed by atoms with E-state index in [9.17, 15) is 19.5 Å². The first-order valence-electron chi connectivity index (χ1n) is 13.9. The van der Waals surface area contributed by atoms with Crippen LogP contribution in [0.4, 0.5) is 0 Å². The Morgan fingerprint density at radius 3 is 2.43 bits per heavy atom. The lowest BCUT2D eigenvalue weighted by Gasteiger charge is -2.68. The molecule has 5 rings (SSSR count). The van der Waals surface area contributed by atoms with Gasteiger partial charge in [0, 0.05) is 36.8 Å². The van der Waals surface area contributed by atoms with Gasteiger partial charge >= 0.3 is 17.9 Å². The SMILES string of the molecule is CC(=O)OC[C@@]1(C)CCC[C@]2(C)[C@H]3CC[C@@H]4[C@H](OC(C)=O)O[C@@H](C5=CC(=O)O[C@@H]5O)C[C@H]4[C@]3(C)CC[C@@H]12. The number of fused-ring (bicyclic) bond motifs is 5. The fourth-order valence-electron chi connectivity index (χ4n) is 9.57. The first kappa shape index (κ1) is 26.7. The maximum absolute atomic E-state index is 12.0. The van der Waals surface area contributed by atoms with Gasteiger partial charge in [0.1, 0.15) is 0 Å². The normalized spacial score (nSPS) is 47.0. The molecule has 8 nitrogen and oxygen atoms in total.